The topological polar surface area (TPSA) is 21.3 Å². The van der Waals surface area contributed by atoms with Crippen LogP contribution in [-0.4, -0.2) is 9.15 Å². The number of hydrogen-bond acceptors (Lipinski definition) is 2. The van der Waals surface area contributed by atoms with Gasteiger partial charge in [0.25, 0.3) is 0 Å². The van der Waals surface area contributed by atoms with Crippen molar-refractivity contribution in [3.63, 3.8) is 0 Å². The lowest BCUT2D eigenvalue weighted by Gasteiger charge is -2.21. The Balaban J connectivity index is 2.56. The molecule has 0 aliphatic rings. The first kappa shape index (κ1) is 14.8. The SMILES string of the molecule is CC(C)(I)Nc1ccc(COC(C)(C)C)cc1. The standard InChI is InChI=1S/C14H22INO/c1-13(2,3)17-10-11-6-8-12(9-7-11)16-14(4,5)15/h6-9,16H,10H2,1-5H3. The predicted octanol–water partition coefficient (Wildman–Crippen LogP) is 4.58. The molecule has 0 spiro atoms. The number of rotatable bonds is 4. The summed E-state index contributed by atoms with van der Waals surface area (Å²) in [5, 5.41) is 3.43. The van der Waals surface area contributed by atoms with Crippen molar-refractivity contribution in [2.24, 2.45) is 0 Å². The van der Waals surface area contributed by atoms with Crippen molar-refractivity contribution in [1.82, 2.24) is 0 Å². The van der Waals surface area contributed by atoms with Crippen molar-refractivity contribution in [2.75, 3.05) is 5.32 Å². The van der Waals surface area contributed by atoms with E-state index in [-0.39, 0.29) is 9.15 Å². The summed E-state index contributed by atoms with van der Waals surface area (Å²) in [4.78, 5) is 0. The molecule has 0 unspecified atom stereocenters. The van der Waals surface area contributed by atoms with Crippen molar-refractivity contribution in [3.8, 4) is 0 Å². The van der Waals surface area contributed by atoms with Crippen LogP contribution in [0, 0.1) is 0 Å². The van der Waals surface area contributed by atoms with Gasteiger partial charge in [-0.2, -0.15) is 0 Å². The zero-order valence-corrected chi connectivity index (χ0v) is 13.5. The highest BCUT2D eigenvalue weighted by Gasteiger charge is 2.12. The summed E-state index contributed by atoms with van der Waals surface area (Å²) in [7, 11) is 0. The van der Waals surface area contributed by atoms with E-state index in [2.05, 4.69) is 86.8 Å². The Bertz CT molecular complexity index is 346. The van der Waals surface area contributed by atoms with Crippen molar-refractivity contribution < 1.29 is 4.74 Å². The fourth-order valence-corrected chi connectivity index (χ4v) is 1.64. The molecule has 0 aliphatic carbocycles. The van der Waals surface area contributed by atoms with E-state index in [9.17, 15) is 0 Å². The lowest BCUT2D eigenvalue weighted by atomic mass is 10.1. The average Bonchev–Trinajstić information content (AvgIpc) is 2.13. The van der Waals surface area contributed by atoms with Crippen molar-refractivity contribution >= 4 is 28.3 Å². The summed E-state index contributed by atoms with van der Waals surface area (Å²) in [5.41, 5.74) is 2.27. The first-order valence-electron chi connectivity index (χ1n) is 5.86. The van der Waals surface area contributed by atoms with Gasteiger partial charge < -0.3 is 10.1 Å². The molecule has 0 heterocycles. The minimum atomic E-state index is -0.0822. The van der Waals surface area contributed by atoms with E-state index in [1.807, 2.05) is 0 Å². The molecular weight excluding hydrogens is 325 g/mol. The number of alkyl halides is 1. The summed E-state index contributed by atoms with van der Waals surface area (Å²) in [6.07, 6.45) is 0. The number of hydrogen-bond donors (Lipinski definition) is 1. The van der Waals surface area contributed by atoms with Gasteiger partial charge in [0.05, 0.1) is 15.8 Å². The number of nitrogens with one attached hydrogen (secondary N) is 1. The Labute approximate surface area is 118 Å². The highest BCUT2D eigenvalue weighted by Crippen LogP contribution is 2.21. The quantitative estimate of drug-likeness (QED) is 0.489. The zero-order valence-electron chi connectivity index (χ0n) is 11.3. The Hall–Kier alpha value is -0.290. The molecule has 0 aromatic heterocycles. The minimum Gasteiger partial charge on any atom is -0.371 e. The van der Waals surface area contributed by atoms with Crippen LogP contribution in [0.4, 0.5) is 5.69 Å². The van der Waals surface area contributed by atoms with Crippen LogP contribution >= 0.6 is 22.6 Å². The molecule has 3 heteroatoms. The molecule has 0 bridgehead atoms. The molecule has 0 amide bonds. The van der Waals surface area contributed by atoms with Crippen LogP contribution in [0.3, 0.4) is 0 Å². The molecular formula is C14H22INO. The van der Waals surface area contributed by atoms with Gasteiger partial charge in [0.15, 0.2) is 0 Å². The number of benzene rings is 1. The van der Waals surface area contributed by atoms with Gasteiger partial charge in [-0.3, -0.25) is 0 Å². The highest BCUT2D eigenvalue weighted by molar-refractivity contribution is 14.1. The highest BCUT2D eigenvalue weighted by atomic mass is 127. The first-order chi connectivity index (χ1) is 7.66. The van der Waals surface area contributed by atoms with E-state index in [0.29, 0.717) is 6.61 Å². The smallest absolute Gasteiger partial charge is 0.0834 e. The third-order valence-electron chi connectivity index (χ3n) is 2.07. The van der Waals surface area contributed by atoms with Crippen molar-refractivity contribution in [3.05, 3.63) is 29.8 Å². The van der Waals surface area contributed by atoms with E-state index in [1.165, 1.54) is 5.56 Å². The fraction of sp³-hybridized carbons (Fsp3) is 0.571. The zero-order chi connectivity index (χ0) is 13.1. The van der Waals surface area contributed by atoms with Gasteiger partial charge in [0.2, 0.25) is 0 Å². The minimum absolute atomic E-state index is 0.0706. The Morgan fingerprint density at radius 1 is 1.06 bits per heavy atom. The molecule has 0 atom stereocenters. The Morgan fingerprint density at radius 3 is 2.00 bits per heavy atom. The molecule has 96 valence electrons. The number of anilines is 1. The normalized spacial score (nSPS) is 12.6. The van der Waals surface area contributed by atoms with Crippen LogP contribution in [0.2, 0.25) is 0 Å². The molecule has 0 fully saturated rings. The van der Waals surface area contributed by atoms with Gasteiger partial charge in [-0.15, -0.1) is 0 Å². The number of ether oxygens (including phenoxy) is 1. The third-order valence-corrected chi connectivity index (χ3v) is 2.34. The summed E-state index contributed by atoms with van der Waals surface area (Å²) in [6.45, 7) is 11.2. The van der Waals surface area contributed by atoms with E-state index in [1.54, 1.807) is 0 Å². The van der Waals surface area contributed by atoms with Crippen LogP contribution < -0.4 is 5.32 Å². The molecule has 0 radical (unpaired) electrons. The molecule has 1 aromatic rings. The largest absolute Gasteiger partial charge is 0.371 e. The van der Waals surface area contributed by atoms with Gasteiger partial charge in [0.1, 0.15) is 0 Å². The molecule has 0 saturated carbocycles. The van der Waals surface area contributed by atoms with Crippen molar-refractivity contribution in [1.29, 1.82) is 0 Å². The summed E-state index contributed by atoms with van der Waals surface area (Å²) < 4.78 is 5.80. The summed E-state index contributed by atoms with van der Waals surface area (Å²) >= 11 is 2.38. The van der Waals surface area contributed by atoms with Crippen LogP contribution in [0.1, 0.15) is 40.2 Å². The molecule has 1 aromatic carbocycles. The van der Waals surface area contributed by atoms with E-state index < -0.39 is 0 Å². The molecule has 2 nitrogen and oxygen atoms in total. The van der Waals surface area contributed by atoms with Gasteiger partial charge in [-0.05, 0) is 52.3 Å². The number of halogens is 1. The second-order valence-electron chi connectivity index (χ2n) is 5.70. The predicted molar refractivity (Wildman–Crippen MR) is 82.7 cm³/mol. The molecule has 0 aliphatic heterocycles. The Morgan fingerprint density at radius 2 is 1.59 bits per heavy atom. The lowest BCUT2D eigenvalue weighted by Crippen LogP contribution is -2.21. The van der Waals surface area contributed by atoms with Crippen LogP contribution in [0.25, 0.3) is 0 Å². The average molecular weight is 347 g/mol. The molecule has 17 heavy (non-hydrogen) atoms. The summed E-state index contributed by atoms with van der Waals surface area (Å²) in [5.74, 6) is 0. The van der Waals surface area contributed by atoms with Gasteiger partial charge in [0, 0.05) is 5.69 Å². The van der Waals surface area contributed by atoms with E-state index in [0.717, 1.165) is 5.69 Å². The second-order valence-corrected chi connectivity index (χ2v) is 8.39. The maximum atomic E-state index is 5.73. The second kappa shape index (κ2) is 5.57. The van der Waals surface area contributed by atoms with Gasteiger partial charge in [-0.25, -0.2) is 0 Å². The first-order valence-corrected chi connectivity index (χ1v) is 6.94. The lowest BCUT2D eigenvalue weighted by molar-refractivity contribution is -0.0149. The third kappa shape index (κ3) is 6.88. The molecule has 0 saturated heterocycles. The van der Waals surface area contributed by atoms with E-state index in [4.69, 9.17) is 4.74 Å². The maximum Gasteiger partial charge on any atom is 0.0834 e. The Kier molecular flexibility index (Phi) is 4.84. The van der Waals surface area contributed by atoms with Crippen molar-refractivity contribution in [2.45, 2.75) is 50.4 Å². The monoisotopic (exact) mass is 347 g/mol. The summed E-state index contributed by atoms with van der Waals surface area (Å²) in [6, 6.07) is 8.41. The van der Waals surface area contributed by atoms with E-state index >= 15 is 0 Å². The molecule has 1 rings (SSSR count). The van der Waals surface area contributed by atoms with Crippen LogP contribution in [-0.2, 0) is 11.3 Å². The maximum absolute atomic E-state index is 5.73. The van der Waals surface area contributed by atoms with Crippen LogP contribution in [0.15, 0.2) is 24.3 Å². The van der Waals surface area contributed by atoms with Gasteiger partial charge >= 0.3 is 0 Å². The molecule has 1 N–H and O–H groups in total. The fourth-order valence-electron chi connectivity index (χ4n) is 1.33. The van der Waals surface area contributed by atoms with Gasteiger partial charge in [-0.1, -0.05) is 34.7 Å². The van der Waals surface area contributed by atoms with Crippen LogP contribution in [0.5, 0.6) is 0 Å².